The van der Waals surface area contributed by atoms with Crippen LogP contribution < -0.4 is 10.6 Å². The summed E-state index contributed by atoms with van der Waals surface area (Å²) in [6.45, 7) is 3.69. The molecule has 1 saturated heterocycles. The van der Waals surface area contributed by atoms with E-state index in [4.69, 9.17) is 12.6 Å². The Hall–Kier alpha value is -3.08. The second kappa shape index (κ2) is 13.5. The van der Waals surface area contributed by atoms with Crippen molar-refractivity contribution in [3.05, 3.63) is 64.5 Å². The third-order valence-electron chi connectivity index (χ3n) is 6.80. The number of rotatable bonds is 13. The molecule has 3 rings (SSSR count). The molecule has 2 aromatic carbocycles. The first-order valence-corrected chi connectivity index (χ1v) is 12.4. The molecule has 196 valence electrons. The predicted molar refractivity (Wildman–Crippen MR) is 141 cm³/mol. The molecule has 0 aliphatic carbocycles. The molecule has 1 fully saturated rings. The molecule has 1 atom stereocenters. The van der Waals surface area contributed by atoms with E-state index in [1.54, 1.807) is 42.3 Å². The molecule has 1 amide bonds. The molecule has 0 bridgehead atoms. The van der Waals surface area contributed by atoms with Gasteiger partial charge < -0.3 is 20.2 Å². The number of nitrogens with zero attached hydrogens (tertiary/aromatic N) is 2. The highest BCUT2D eigenvalue weighted by molar-refractivity contribution is 6.28. The molecule has 2 aromatic rings. The lowest BCUT2D eigenvalue weighted by molar-refractivity contribution is -0.128. The maximum Gasteiger partial charge on any atom is 0.230 e. The zero-order chi connectivity index (χ0) is 26.8. The minimum absolute atomic E-state index is 0.106. The summed E-state index contributed by atoms with van der Waals surface area (Å²) in [6, 6.07) is 10.6. The number of anilines is 1. The Kier molecular flexibility index (Phi) is 10.4. The molecule has 2 N–H and O–H groups in total. The number of nitrogens with one attached hydrogen (secondary N) is 2. The van der Waals surface area contributed by atoms with Gasteiger partial charge in [-0.1, -0.05) is 30.3 Å². The number of hydrogen-bond donors (Lipinski definition) is 2. The summed E-state index contributed by atoms with van der Waals surface area (Å²) in [4.78, 5) is 39.2. The Morgan fingerprint density at radius 2 is 1.89 bits per heavy atom. The van der Waals surface area contributed by atoms with Crippen LogP contribution in [0.1, 0.15) is 39.9 Å². The molecule has 1 unspecified atom stereocenters. The Labute approximate surface area is 218 Å². The minimum Gasteiger partial charge on any atom is -0.381 e. The van der Waals surface area contributed by atoms with Gasteiger partial charge in [-0.25, -0.2) is 4.39 Å². The summed E-state index contributed by atoms with van der Waals surface area (Å²) in [7, 11) is 9.58. The number of amides is 1. The fourth-order valence-electron chi connectivity index (χ4n) is 4.49. The summed E-state index contributed by atoms with van der Waals surface area (Å²) in [5.41, 5.74) is 1.34. The molecule has 1 aliphatic heterocycles. The average Bonchev–Trinajstić information content (AvgIpc) is 2.92. The van der Waals surface area contributed by atoms with Crippen molar-refractivity contribution in [3.63, 3.8) is 0 Å². The molecule has 1 aliphatic rings. The summed E-state index contributed by atoms with van der Waals surface area (Å²) in [5, 5.41) is 5.82. The van der Waals surface area contributed by atoms with Gasteiger partial charge in [0.15, 0.2) is 0 Å². The van der Waals surface area contributed by atoms with Crippen LogP contribution in [-0.4, -0.2) is 82.0 Å². The van der Waals surface area contributed by atoms with Crippen molar-refractivity contribution in [2.75, 3.05) is 45.7 Å². The lowest BCUT2D eigenvalue weighted by Gasteiger charge is -2.38. The van der Waals surface area contributed by atoms with Gasteiger partial charge in [-0.15, -0.1) is 0 Å². The molecule has 1 heterocycles. The monoisotopic (exact) mass is 508 g/mol. The standard InChI is InChI=1S/C27H34BFN4O4/c1-30-26(36)27(28,10-5-13-34)32(2)18-23-22(19-35)8-4-9-24(23)31-16-20-6-3-7-21(25(20)29)17-33-11-14-37-15-12-33/h3-4,6-9,13,19,31H,5,10-12,14-18H2,1-2H3,(H,30,36). The van der Waals surface area contributed by atoms with Crippen molar-refractivity contribution < 1.29 is 23.5 Å². The molecular formula is C27H34BFN4O4. The first kappa shape index (κ1) is 28.5. The number of carbonyl (C=O) groups is 3. The molecule has 8 nitrogen and oxygen atoms in total. The van der Waals surface area contributed by atoms with Gasteiger partial charge in [-0.05, 0) is 25.1 Å². The second-order valence-electron chi connectivity index (χ2n) is 9.19. The number of halogens is 1. The van der Waals surface area contributed by atoms with Crippen molar-refractivity contribution >= 4 is 32.0 Å². The number of benzene rings is 2. The van der Waals surface area contributed by atoms with Crippen LogP contribution in [-0.2, 0) is 34.0 Å². The zero-order valence-corrected chi connectivity index (χ0v) is 21.5. The number of aldehydes is 2. The van der Waals surface area contributed by atoms with Gasteiger partial charge in [0.25, 0.3) is 0 Å². The van der Waals surface area contributed by atoms with Crippen molar-refractivity contribution in [3.8, 4) is 0 Å². The van der Waals surface area contributed by atoms with Crippen LogP contribution in [0.2, 0.25) is 0 Å². The smallest absolute Gasteiger partial charge is 0.230 e. The minimum atomic E-state index is -1.46. The molecule has 10 heteroatoms. The third kappa shape index (κ3) is 7.03. The molecular weight excluding hydrogens is 474 g/mol. The summed E-state index contributed by atoms with van der Waals surface area (Å²) >= 11 is 0. The number of carbonyl (C=O) groups excluding carboxylic acids is 3. The van der Waals surface area contributed by atoms with E-state index in [1.807, 2.05) is 6.07 Å². The van der Waals surface area contributed by atoms with Crippen molar-refractivity contribution in [2.45, 2.75) is 37.9 Å². The highest BCUT2D eigenvalue weighted by Crippen LogP contribution is 2.27. The van der Waals surface area contributed by atoms with E-state index in [0.717, 1.165) is 19.4 Å². The Morgan fingerprint density at radius 3 is 2.57 bits per heavy atom. The topological polar surface area (TPSA) is 91.0 Å². The van der Waals surface area contributed by atoms with Gasteiger partial charge in [-0.2, -0.15) is 0 Å². The van der Waals surface area contributed by atoms with Crippen LogP contribution in [0, 0.1) is 5.82 Å². The Morgan fingerprint density at radius 1 is 1.19 bits per heavy atom. The van der Waals surface area contributed by atoms with Gasteiger partial charge in [0.05, 0.1) is 18.7 Å². The van der Waals surface area contributed by atoms with Gasteiger partial charge in [0, 0.05) is 68.6 Å². The fourth-order valence-corrected chi connectivity index (χ4v) is 4.49. The van der Waals surface area contributed by atoms with E-state index in [2.05, 4.69) is 15.5 Å². The highest BCUT2D eigenvalue weighted by Gasteiger charge is 2.36. The van der Waals surface area contributed by atoms with E-state index in [9.17, 15) is 14.4 Å². The molecule has 2 radical (unpaired) electrons. The van der Waals surface area contributed by atoms with Crippen molar-refractivity contribution in [1.29, 1.82) is 0 Å². The molecule has 37 heavy (non-hydrogen) atoms. The average molecular weight is 508 g/mol. The van der Waals surface area contributed by atoms with Crippen molar-refractivity contribution in [1.82, 2.24) is 15.1 Å². The third-order valence-corrected chi connectivity index (χ3v) is 6.80. The number of morpholine rings is 1. The van der Waals surface area contributed by atoms with E-state index >= 15 is 4.39 Å². The van der Waals surface area contributed by atoms with Gasteiger partial charge >= 0.3 is 0 Å². The second-order valence-corrected chi connectivity index (χ2v) is 9.19. The molecule has 0 spiro atoms. The first-order chi connectivity index (χ1) is 17.8. The lowest BCUT2D eigenvalue weighted by Crippen LogP contribution is -2.57. The maximum atomic E-state index is 15.3. The summed E-state index contributed by atoms with van der Waals surface area (Å²) < 4.78 is 20.7. The van der Waals surface area contributed by atoms with Crippen LogP contribution in [0.5, 0.6) is 0 Å². The first-order valence-electron chi connectivity index (χ1n) is 12.4. The van der Waals surface area contributed by atoms with Crippen molar-refractivity contribution in [2.24, 2.45) is 0 Å². The highest BCUT2D eigenvalue weighted by atomic mass is 19.1. The zero-order valence-electron chi connectivity index (χ0n) is 21.5. The van der Waals surface area contributed by atoms with Crippen LogP contribution >= 0.6 is 0 Å². The normalized spacial score (nSPS) is 15.7. The predicted octanol–water partition coefficient (Wildman–Crippen LogP) is 2.10. The van der Waals surface area contributed by atoms with Gasteiger partial charge in [0.1, 0.15) is 26.2 Å². The van der Waals surface area contributed by atoms with E-state index in [1.165, 1.54) is 7.05 Å². The van der Waals surface area contributed by atoms with Gasteiger partial charge in [0.2, 0.25) is 5.91 Å². The number of ether oxygens (including phenoxy) is 1. The quantitative estimate of drug-likeness (QED) is 0.317. The van der Waals surface area contributed by atoms with Crippen LogP contribution in [0.25, 0.3) is 0 Å². The fraction of sp³-hybridized carbons (Fsp3) is 0.444. The van der Waals surface area contributed by atoms with Crippen LogP contribution in [0.15, 0.2) is 36.4 Å². The molecule has 0 aromatic heterocycles. The Balaban J connectivity index is 1.81. The lowest BCUT2D eigenvalue weighted by atomic mass is 9.71. The summed E-state index contributed by atoms with van der Waals surface area (Å²) in [6.07, 6.45) is 1.67. The number of likely N-dealkylation sites (N-methyl/N-ethyl adjacent to an activating group) is 2. The number of hydrogen-bond acceptors (Lipinski definition) is 7. The van der Waals surface area contributed by atoms with E-state index in [-0.39, 0.29) is 31.7 Å². The van der Waals surface area contributed by atoms with E-state index < -0.39 is 11.3 Å². The van der Waals surface area contributed by atoms with Crippen LogP contribution in [0.4, 0.5) is 10.1 Å². The van der Waals surface area contributed by atoms with E-state index in [0.29, 0.717) is 54.0 Å². The van der Waals surface area contributed by atoms with Gasteiger partial charge in [-0.3, -0.25) is 19.4 Å². The summed E-state index contributed by atoms with van der Waals surface area (Å²) in [5.74, 6) is -0.699. The molecule has 0 saturated carbocycles. The SMILES string of the molecule is [B]C(CCC=O)(C(=O)NC)N(C)Cc1c(C=O)cccc1NCc1cccc(CN2CCOCC2)c1F. The maximum absolute atomic E-state index is 15.3. The Bertz CT molecular complexity index is 1100. The van der Waals surface area contributed by atoms with Crippen LogP contribution in [0.3, 0.4) is 0 Å². The largest absolute Gasteiger partial charge is 0.381 e.